The van der Waals surface area contributed by atoms with Gasteiger partial charge in [-0.2, -0.15) is 0 Å². The van der Waals surface area contributed by atoms with Crippen LogP contribution in [-0.4, -0.2) is 20.9 Å². The van der Waals surface area contributed by atoms with Crippen LogP contribution in [0.15, 0.2) is 41.3 Å². The number of aryl methyl sites for hydroxylation is 2. The van der Waals surface area contributed by atoms with Gasteiger partial charge >= 0.3 is 0 Å². The Kier molecular flexibility index (Phi) is 5.40. The molecule has 1 heterocycles. The summed E-state index contributed by atoms with van der Waals surface area (Å²) in [5.74, 6) is 0.0610. The third-order valence-electron chi connectivity index (χ3n) is 5.22. The van der Waals surface area contributed by atoms with E-state index in [-0.39, 0.29) is 16.8 Å². The summed E-state index contributed by atoms with van der Waals surface area (Å²) >= 11 is 0. The fraction of sp³-hybridized carbons (Fsp3) is 0.381. The maximum atomic E-state index is 12.8. The molecule has 0 saturated heterocycles. The maximum Gasteiger partial charge on any atom is 0.241 e. The third kappa shape index (κ3) is 3.92. The van der Waals surface area contributed by atoms with Crippen LogP contribution in [0.4, 0.5) is 5.69 Å². The van der Waals surface area contributed by atoms with Crippen LogP contribution < -0.4 is 9.62 Å². The molecule has 0 aliphatic carbocycles. The summed E-state index contributed by atoms with van der Waals surface area (Å²) in [6.45, 7) is 8.33. The van der Waals surface area contributed by atoms with Gasteiger partial charge in [0, 0.05) is 24.7 Å². The molecule has 1 aliphatic rings. The average molecular weight is 387 g/mol. The van der Waals surface area contributed by atoms with Gasteiger partial charge in [-0.1, -0.05) is 25.1 Å². The molecular formula is C21H26N2O3S. The highest BCUT2D eigenvalue weighted by Gasteiger charge is 2.26. The first-order chi connectivity index (χ1) is 12.7. The number of amides is 1. The van der Waals surface area contributed by atoms with Crippen LogP contribution in [0, 0.1) is 13.8 Å². The topological polar surface area (TPSA) is 66.5 Å². The van der Waals surface area contributed by atoms with Crippen molar-refractivity contribution in [2.45, 2.75) is 51.5 Å². The van der Waals surface area contributed by atoms with Crippen molar-refractivity contribution in [2.24, 2.45) is 0 Å². The van der Waals surface area contributed by atoms with E-state index >= 15 is 0 Å². The van der Waals surface area contributed by atoms with Gasteiger partial charge in [0.15, 0.2) is 0 Å². The highest BCUT2D eigenvalue weighted by Crippen LogP contribution is 2.31. The molecule has 1 N–H and O–H groups in total. The molecule has 27 heavy (non-hydrogen) atoms. The molecule has 0 aromatic heterocycles. The van der Waals surface area contributed by atoms with Crippen molar-refractivity contribution in [3.8, 4) is 0 Å². The number of nitrogens with zero attached hydrogens (tertiary/aromatic N) is 1. The number of rotatable bonds is 5. The minimum atomic E-state index is -3.65. The summed E-state index contributed by atoms with van der Waals surface area (Å²) < 4.78 is 28.5. The molecule has 0 saturated carbocycles. The van der Waals surface area contributed by atoms with Crippen molar-refractivity contribution in [3.05, 3.63) is 58.7 Å². The van der Waals surface area contributed by atoms with Crippen molar-refractivity contribution in [3.63, 3.8) is 0 Å². The van der Waals surface area contributed by atoms with Gasteiger partial charge in [-0.05, 0) is 67.6 Å². The monoisotopic (exact) mass is 386 g/mol. The summed E-state index contributed by atoms with van der Waals surface area (Å²) in [5.41, 5.74) is 4.97. The molecule has 3 rings (SSSR count). The molecule has 144 valence electrons. The van der Waals surface area contributed by atoms with Crippen molar-refractivity contribution in [2.75, 3.05) is 11.4 Å². The number of anilines is 1. The second-order valence-corrected chi connectivity index (χ2v) is 8.84. The molecule has 2 aromatic carbocycles. The van der Waals surface area contributed by atoms with Crippen LogP contribution in [0.5, 0.6) is 0 Å². The van der Waals surface area contributed by atoms with Crippen LogP contribution in [0.25, 0.3) is 0 Å². The van der Waals surface area contributed by atoms with Crippen LogP contribution >= 0.6 is 0 Å². The number of hydrogen-bond acceptors (Lipinski definition) is 3. The van der Waals surface area contributed by atoms with Gasteiger partial charge < -0.3 is 4.90 Å². The second kappa shape index (κ2) is 7.44. The summed E-state index contributed by atoms with van der Waals surface area (Å²) in [7, 11) is -3.65. The highest BCUT2D eigenvalue weighted by molar-refractivity contribution is 7.89. The van der Waals surface area contributed by atoms with Crippen LogP contribution in [0.1, 0.15) is 48.6 Å². The lowest BCUT2D eigenvalue weighted by Crippen LogP contribution is -2.28. The van der Waals surface area contributed by atoms with Crippen molar-refractivity contribution < 1.29 is 13.2 Å². The Bertz CT molecular complexity index is 983. The Morgan fingerprint density at radius 2 is 1.89 bits per heavy atom. The quantitative estimate of drug-likeness (QED) is 0.853. The molecule has 0 fully saturated rings. The Labute approximate surface area is 161 Å². The molecule has 0 bridgehead atoms. The van der Waals surface area contributed by atoms with E-state index < -0.39 is 10.0 Å². The molecule has 5 nitrogen and oxygen atoms in total. The fourth-order valence-corrected chi connectivity index (χ4v) is 4.68. The first kappa shape index (κ1) is 19.6. The minimum Gasteiger partial charge on any atom is -0.312 e. The number of sulfonamides is 1. The number of fused-ring (bicyclic) bond motifs is 1. The van der Waals surface area contributed by atoms with Gasteiger partial charge in [-0.25, -0.2) is 13.1 Å². The van der Waals surface area contributed by atoms with E-state index in [2.05, 4.69) is 4.72 Å². The molecule has 0 radical (unpaired) electrons. The molecule has 0 unspecified atom stereocenters. The zero-order valence-electron chi connectivity index (χ0n) is 16.2. The van der Waals surface area contributed by atoms with Gasteiger partial charge in [0.1, 0.15) is 0 Å². The third-order valence-corrected chi connectivity index (χ3v) is 6.76. The fourth-order valence-electron chi connectivity index (χ4n) is 3.40. The van der Waals surface area contributed by atoms with Gasteiger partial charge in [0.2, 0.25) is 15.9 Å². The Morgan fingerprint density at radius 1 is 1.15 bits per heavy atom. The molecule has 0 spiro atoms. The molecular weight excluding hydrogens is 360 g/mol. The number of carbonyl (C=O) groups excluding carboxylic acids is 1. The van der Waals surface area contributed by atoms with Crippen molar-refractivity contribution in [1.82, 2.24) is 4.72 Å². The summed E-state index contributed by atoms with van der Waals surface area (Å²) in [6, 6.07) is 10.6. The van der Waals surface area contributed by atoms with Gasteiger partial charge in [-0.3, -0.25) is 4.79 Å². The zero-order chi connectivity index (χ0) is 19.8. The minimum absolute atomic E-state index is 0.0610. The standard InChI is InChI=1S/C21H26N2O3S/c1-5-21(24)23-11-10-18-13-19(8-9-20(18)23)27(25,26)22-16(4)17-7-6-14(2)15(3)12-17/h6-9,12-13,16,22H,5,10-11H2,1-4H3/t16-/m1/s1. The number of hydrogen-bond donors (Lipinski definition) is 1. The van der Waals surface area contributed by atoms with Crippen LogP contribution in [0.2, 0.25) is 0 Å². The second-order valence-electron chi connectivity index (χ2n) is 7.13. The first-order valence-corrected chi connectivity index (χ1v) is 10.7. The normalized spacial score (nSPS) is 14.9. The molecule has 6 heteroatoms. The Morgan fingerprint density at radius 3 is 2.56 bits per heavy atom. The number of benzene rings is 2. The van der Waals surface area contributed by atoms with Crippen molar-refractivity contribution >= 4 is 21.6 Å². The van der Waals surface area contributed by atoms with Gasteiger partial charge in [0.25, 0.3) is 0 Å². The lowest BCUT2D eigenvalue weighted by molar-refractivity contribution is -0.118. The Balaban J connectivity index is 1.83. The smallest absolute Gasteiger partial charge is 0.241 e. The first-order valence-electron chi connectivity index (χ1n) is 9.25. The summed E-state index contributed by atoms with van der Waals surface area (Å²) in [5, 5.41) is 0. The SMILES string of the molecule is CCC(=O)N1CCc2cc(S(=O)(=O)N[C@H](C)c3ccc(C)c(C)c3)ccc21. The molecule has 1 atom stereocenters. The van der Waals surface area contributed by atoms with E-state index in [1.807, 2.05) is 45.9 Å². The lowest BCUT2D eigenvalue weighted by Gasteiger charge is -2.18. The van der Waals surface area contributed by atoms with Crippen molar-refractivity contribution in [1.29, 1.82) is 0 Å². The largest absolute Gasteiger partial charge is 0.312 e. The van der Waals surface area contributed by atoms with Crippen LogP contribution in [0.3, 0.4) is 0 Å². The predicted molar refractivity (Wildman–Crippen MR) is 107 cm³/mol. The van der Waals surface area contributed by atoms with E-state index in [0.717, 1.165) is 22.4 Å². The average Bonchev–Trinajstić information content (AvgIpc) is 3.06. The maximum absolute atomic E-state index is 12.8. The Hall–Kier alpha value is -2.18. The summed E-state index contributed by atoms with van der Waals surface area (Å²) in [6.07, 6.45) is 1.12. The van der Waals surface area contributed by atoms with Crippen LogP contribution in [-0.2, 0) is 21.2 Å². The van der Waals surface area contributed by atoms with E-state index in [0.29, 0.717) is 19.4 Å². The van der Waals surface area contributed by atoms with Gasteiger partial charge in [-0.15, -0.1) is 0 Å². The van der Waals surface area contributed by atoms with E-state index in [4.69, 9.17) is 0 Å². The number of nitrogens with one attached hydrogen (secondary N) is 1. The zero-order valence-corrected chi connectivity index (χ0v) is 17.1. The molecule has 2 aromatic rings. The number of carbonyl (C=O) groups is 1. The molecule has 1 amide bonds. The van der Waals surface area contributed by atoms with Gasteiger partial charge in [0.05, 0.1) is 4.90 Å². The van der Waals surface area contributed by atoms with E-state index in [1.54, 1.807) is 23.1 Å². The van der Waals surface area contributed by atoms with E-state index in [9.17, 15) is 13.2 Å². The highest BCUT2D eigenvalue weighted by atomic mass is 32.2. The molecule has 1 aliphatic heterocycles. The lowest BCUT2D eigenvalue weighted by atomic mass is 10.0. The summed E-state index contributed by atoms with van der Waals surface area (Å²) in [4.78, 5) is 14.0. The predicted octanol–water partition coefficient (Wildman–Crippen LogP) is 3.64. The van der Waals surface area contributed by atoms with E-state index in [1.165, 1.54) is 5.56 Å².